The zero-order valence-corrected chi connectivity index (χ0v) is 9.48. The topological polar surface area (TPSA) is 42.7 Å². The summed E-state index contributed by atoms with van der Waals surface area (Å²) in [6, 6.07) is 4.68. The SMILES string of the molecule is Cc1nc2ncccc2n1C1CCNCC1. The molecule has 1 fully saturated rings. The first-order valence-electron chi connectivity index (χ1n) is 5.86. The molecule has 16 heavy (non-hydrogen) atoms. The number of aromatic nitrogens is 3. The van der Waals surface area contributed by atoms with E-state index in [1.807, 2.05) is 12.3 Å². The second-order valence-corrected chi connectivity index (χ2v) is 4.36. The van der Waals surface area contributed by atoms with Crippen LogP contribution in [0, 0.1) is 6.92 Å². The minimum absolute atomic E-state index is 0.579. The molecule has 0 amide bonds. The zero-order valence-electron chi connectivity index (χ0n) is 9.48. The van der Waals surface area contributed by atoms with Gasteiger partial charge in [0.05, 0.1) is 5.52 Å². The van der Waals surface area contributed by atoms with Crippen LogP contribution in [0.1, 0.15) is 24.7 Å². The van der Waals surface area contributed by atoms with Gasteiger partial charge in [0, 0.05) is 12.2 Å². The van der Waals surface area contributed by atoms with Crippen LogP contribution in [0.25, 0.3) is 11.2 Å². The Morgan fingerprint density at radius 1 is 1.38 bits per heavy atom. The number of piperidine rings is 1. The molecule has 0 bridgehead atoms. The number of nitrogens with zero attached hydrogens (tertiary/aromatic N) is 3. The summed E-state index contributed by atoms with van der Waals surface area (Å²) in [4.78, 5) is 8.83. The maximum absolute atomic E-state index is 4.52. The van der Waals surface area contributed by atoms with Crippen LogP contribution in [-0.2, 0) is 0 Å². The molecule has 0 saturated carbocycles. The summed E-state index contributed by atoms with van der Waals surface area (Å²) >= 11 is 0. The number of hydrogen-bond donors (Lipinski definition) is 1. The fourth-order valence-electron chi connectivity index (χ4n) is 2.57. The lowest BCUT2D eigenvalue weighted by Crippen LogP contribution is -2.29. The lowest BCUT2D eigenvalue weighted by Gasteiger charge is -2.25. The number of rotatable bonds is 1. The van der Waals surface area contributed by atoms with E-state index >= 15 is 0 Å². The standard InChI is InChI=1S/C12H16N4/c1-9-15-12-11(3-2-6-14-12)16(9)10-4-7-13-8-5-10/h2-3,6,10,13H,4-5,7-8H2,1H3. The van der Waals surface area contributed by atoms with E-state index in [1.165, 1.54) is 18.4 Å². The highest BCUT2D eigenvalue weighted by molar-refractivity contribution is 5.71. The molecule has 2 aromatic heterocycles. The van der Waals surface area contributed by atoms with E-state index in [0.29, 0.717) is 6.04 Å². The summed E-state index contributed by atoms with van der Waals surface area (Å²) in [5.41, 5.74) is 2.05. The lowest BCUT2D eigenvalue weighted by molar-refractivity contribution is 0.370. The Bertz CT molecular complexity index is 497. The van der Waals surface area contributed by atoms with Crippen LogP contribution >= 0.6 is 0 Å². The molecule has 2 aromatic rings. The molecule has 1 aliphatic rings. The summed E-state index contributed by atoms with van der Waals surface area (Å²) in [7, 11) is 0. The number of nitrogens with one attached hydrogen (secondary N) is 1. The van der Waals surface area contributed by atoms with Crippen LogP contribution in [-0.4, -0.2) is 27.6 Å². The van der Waals surface area contributed by atoms with Gasteiger partial charge in [-0.05, 0) is 45.0 Å². The van der Waals surface area contributed by atoms with Gasteiger partial charge in [0.25, 0.3) is 0 Å². The molecule has 0 spiro atoms. The van der Waals surface area contributed by atoms with Gasteiger partial charge in [0.2, 0.25) is 0 Å². The number of aryl methyl sites for hydroxylation is 1. The van der Waals surface area contributed by atoms with Crippen molar-refractivity contribution in [2.75, 3.05) is 13.1 Å². The van der Waals surface area contributed by atoms with E-state index in [9.17, 15) is 0 Å². The van der Waals surface area contributed by atoms with Crippen molar-refractivity contribution in [2.24, 2.45) is 0 Å². The molecule has 0 aromatic carbocycles. The van der Waals surface area contributed by atoms with Gasteiger partial charge in [-0.15, -0.1) is 0 Å². The van der Waals surface area contributed by atoms with Gasteiger partial charge in [0.1, 0.15) is 5.82 Å². The Kier molecular flexibility index (Phi) is 2.36. The predicted octanol–water partition coefficient (Wildman–Crippen LogP) is 1.66. The van der Waals surface area contributed by atoms with Crippen LogP contribution in [0.15, 0.2) is 18.3 Å². The van der Waals surface area contributed by atoms with Crippen molar-refractivity contribution in [1.82, 2.24) is 19.9 Å². The molecule has 1 aliphatic heterocycles. The van der Waals surface area contributed by atoms with Gasteiger partial charge >= 0.3 is 0 Å². The first kappa shape index (κ1) is 9.78. The number of hydrogen-bond acceptors (Lipinski definition) is 3. The molecule has 4 nitrogen and oxygen atoms in total. The maximum atomic E-state index is 4.52. The maximum Gasteiger partial charge on any atom is 0.177 e. The highest BCUT2D eigenvalue weighted by Crippen LogP contribution is 2.25. The van der Waals surface area contributed by atoms with Gasteiger partial charge in [-0.3, -0.25) is 0 Å². The van der Waals surface area contributed by atoms with Crippen LogP contribution in [0.4, 0.5) is 0 Å². The van der Waals surface area contributed by atoms with E-state index in [2.05, 4.69) is 32.8 Å². The summed E-state index contributed by atoms with van der Waals surface area (Å²) in [6.07, 6.45) is 4.17. The molecule has 0 aliphatic carbocycles. The van der Waals surface area contributed by atoms with E-state index in [1.54, 1.807) is 0 Å². The molecule has 0 atom stereocenters. The van der Waals surface area contributed by atoms with Crippen molar-refractivity contribution in [2.45, 2.75) is 25.8 Å². The Labute approximate surface area is 94.7 Å². The first-order valence-corrected chi connectivity index (χ1v) is 5.86. The average Bonchev–Trinajstić information content (AvgIpc) is 2.66. The van der Waals surface area contributed by atoms with E-state index in [4.69, 9.17) is 0 Å². The molecular formula is C12H16N4. The van der Waals surface area contributed by atoms with Crippen LogP contribution in [0.5, 0.6) is 0 Å². The predicted molar refractivity (Wildman–Crippen MR) is 63.4 cm³/mol. The van der Waals surface area contributed by atoms with E-state index < -0.39 is 0 Å². The van der Waals surface area contributed by atoms with E-state index in [0.717, 1.165) is 24.6 Å². The van der Waals surface area contributed by atoms with Gasteiger partial charge in [-0.1, -0.05) is 0 Å². The summed E-state index contributed by atoms with van der Waals surface area (Å²) < 4.78 is 2.35. The Balaban J connectivity index is 2.10. The average molecular weight is 216 g/mol. The summed E-state index contributed by atoms with van der Waals surface area (Å²) in [5, 5.41) is 3.39. The van der Waals surface area contributed by atoms with Crippen molar-refractivity contribution in [3.63, 3.8) is 0 Å². The normalized spacial score (nSPS) is 18.1. The second-order valence-electron chi connectivity index (χ2n) is 4.36. The zero-order chi connectivity index (χ0) is 11.0. The third kappa shape index (κ3) is 1.50. The van der Waals surface area contributed by atoms with Gasteiger partial charge < -0.3 is 9.88 Å². The molecule has 3 rings (SSSR count). The van der Waals surface area contributed by atoms with Crippen molar-refractivity contribution >= 4 is 11.2 Å². The molecule has 84 valence electrons. The molecular weight excluding hydrogens is 200 g/mol. The molecule has 1 N–H and O–H groups in total. The summed E-state index contributed by atoms with van der Waals surface area (Å²) in [5.74, 6) is 1.08. The Morgan fingerprint density at radius 3 is 3.00 bits per heavy atom. The smallest absolute Gasteiger partial charge is 0.177 e. The van der Waals surface area contributed by atoms with Crippen LogP contribution in [0.3, 0.4) is 0 Å². The fraction of sp³-hybridized carbons (Fsp3) is 0.500. The van der Waals surface area contributed by atoms with Crippen molar-refractivity contribution in [3.8, 4) is 0 Å². The summed E-state index contributed by atoms with van der Waals surface area (Å²) in [6.45, 7) is 4.28. The van der Waals surface area contributed by atoms with E-state index in [-0.39, 0.29) is 0 Å². The first-order chi connectivity index (χ1) is 7.86. The lowest BCUT2D eigenvalue weighted by atomic mass is 10.1. The number of pyridine rings is 1. The Morgan fingerprint density at radius 2 is 2.19 bits per heavy atom. The number of imidazole rings is 1. The van der Waals surface area contributed by atoms with Crippen LogP contribution < -0.4 is 5.32 Å². The largest absolute Gasteiger partial charge is 0.324 e. The van der Waals surface area contributed by atoms with Crippen molar-refractivity contribution in [1.29, 1.82) is 0 Å². The molecule has 4 heteroatoms. The molecule has 0 unspecified atom stereocenters. The molecule has 1 saturated heterocycles. The van der Waals surface area contributed by atoms with Gasteiger partial charge in [0.15, 0.2) is 5.65 Å². The van der Waals surface area contributed by atoms with Crippen molar-refractivity contribution in [3.05, 3.63) is 24.2 Å². The highest BCUT2D eigenvalue weighted by atomic mass is 15.1. The Hall–Kier alpha value is -1.42. The second kappa shape index (κ2) is 3.87. The molecule has 3 heterocycles. The van der Waals surface area contributed by atoms with Crippen LogP contribution in [0.2, 0.25) is 0 Å². The monoisotopic (exact) mass is 216 g/mol. The third-order valence-corrected chi connectivity index (χ3v) is 3.32. The quantitative estimate of drug-likeness (QED) is 0.788. The minimum Gasteiger partial charge on any atom is -0.324 e. The highest BCUT2D eigenvalue weighted by Gasteiger charge is 2.19. The third-order valence-electron chi connectivity index (χ3n) is 3.32. The van der Waals surface area contributed by atoms with Gasteiger partial charge in [-0.25, -0.2) is 9.97 Å². The van der Waals surface area contributed by atoms with Gasteiger partial charge in [-0.2, -0.15) is 0 Å². The number of fused-ring (bicyclic) bond motifs is 1. The minimum atomic E-state index is 0.579. The molecule has 0 radical (unpaired) electrons. The van der Waals surface area contributed by atoms with Crippen molar-refractivity contribution < 1.29 is 0 Å². The fourth-order valence-corrected chi connectivity index (χ4v) is 2.57.